The lowest BCUT2D eigenvalue weighted by Gasteiger charge is -2.09. The summed E-state index contributed by atoms with van der Waals surface area (Å²) in [6.07, 6.45) is 1.45. The second kappa shape index (κ2) is 7.79. The van der Waals surface area contributed by atoms with Gasteiger partial charge in [0.1, 0.15) is 5.65 Å². The first-order valence-electron chi connectivity index (χ1n) is 8.35. The van der Waals surface area contributed by atoms with Crippen molar-refractivity contribution in [3.05, 3.63) is 68.5 Å². The van der Waals surface area contributed by atoms with Gasteiger partial charge >= 0.3 is 5.69 Å². The van der Waals surface area contributed by atoms with Crippen molar-refractivity contribution in [2.24, 2.45) is 14.1 Å². The van der Waals surface area contributed by atoms with Gasteiger partial charge in [-0.2, -0.15) is 0 Å². The quantitative estimate of drug-likeness (QED) is 0.725. The van der Waals surface area contributed by atoms with Gasteiger partial charge in [0.15, 0.2) is 0 Å². The number of carbonyl (C=O) groups excluding carboxylic acids is 1. The highest BCUT2D eigenvalue weighted by atomic mass is 32.2. The molecule has 0 aliphatic heterocycles. The molecule has 0 bridgehead atoms. The number of pyridine rings is 1. The lowest BCUT2D eigenvalue weighted by Crippen LogP contribution is -2.37. The van der Waals surface area contributed by atoms with Gasteiger partial charge in [-0.3, -0.25) is 18.7 Å². The first-order chi connectivity index (χ1) is 12.9. The summed E-state index contributed by atoms with van der Waals surface area (Å²) in [7, 11) is 2.97. The van der Waals surface area contributed by atoms with E-state index in [9.17, 15) is 14.4 Å². The number of hydrogen-bond donors (Lipinski definition) is 1. The second-order valence-electron chi connectivity index (χ2n) is 6.33. The van der Waals surface area contributed by atoms with Crippen molar-refractivity contribution in [3.63, 3.8) is 0 Å². The Bertz CT molecular complexity index is 1120. The topological polar surface area (TPSA) is 86.0 Å². The van der Waals surface area contributed by atoms with Gasteiger partial charge in [-0.05, 0) is 18.6 Å². The molecule has 3 rings (SSSR count). The first-order valence-corrected chi connectivity index (χ1v) is 9.51. The molecule has 1 amide bonds. The number of nitrogens with one attached hydrogen (secondary N) is 1. The van der Waals surface area contributed by atoms with Crippen molar-refractivity contribution in [2.75, 3.05) is 11.1 Å². The molecule has 140 valence electrons. The summed E-state index contributed by atoms with van der Waals surface area (Å²) in [6.45, 7) is 2.03. The molecule has 27 heavy (non-hydrogen) atoms. The van der Waals surface area contributed by atoms with Gasteiger partial charge in [0.05, 0.1) is 23.0 Å². The van der Waals surface area contributed by atoms with Crippen LogP contribution in [0.15, 0.2) is 46.1 Å². The summed E-state index contributed by atoms with van der Waals surface area (Å²) in [4.78, 5) is 40.5. The van der Waals surface area contributed by atoms with Crippen LogP contribution in [-0.2, 0) is 24.6 Å². The lowest BCUT2D eigenvalue weighted by molar-refractivity contribution is -0.113. The van der Waals surface area contributed by atoms with Crippen LogP contribution in [-0.4, -0.2) is 25.8 Å². The minimum absolute atomic E-state index is 0.171. The summed E-state index contributed by atoms with van der Waals surface area (Å²) < 4.78 is 2.33. The van der Waals surface area contributed by atoms with Crippen molar-refractivity contribution in [2.45, 2.75) is 12.7 Å². The van der Waals surface area contributed by atoms with E-state index in [0.29, 0.717) is 5.69 Å². The van der Waals surface area contributed by atoms with Gasteiger partial charge in [0.25, 0.3) is 5.56 Å². The number of anilines is 1. The number of carbonyl (C=O) groups is 1. The summed E-state index contributed by atoms with van der Waals surface area (Å²) in [6, 6.07) is 9.74. The molecule has 0 unspecified atom stereocenters. The third-order valence-corrected chi connectivity index (χ3v) is 5.20. The standard InChI is InChI=1S/C19H20N4O3S/c1-12-4-6-13(7-5-12)10-27-11-16(24)21-14-8-15-17(20-9-14)22(2)19(26)23(3)18(15)25/h4-9H,10-11H2,1-3H3,(H,21,24). The third-order valence-electron chi connectivity index (χ3n) is 4.20. The molecule has 0 aliphatic rings. The van der Waals surface area contributed by atoms with Crippen molar-refractivity contribution in [3.8, 4) is 0 Å². The molecule has 8 heteroatoms. The lowest BCUT2D eigenvalue weighted by atomic mass is 10.2. The van der Waals surface area contributed by atoms with E-state index in [-0.39, 0.29) is 22.7 Å². The summed E-state index contributed by atoms with van der Waals surface area (Å²) in [5.74, 6) is 0.860. The number of aryl methyl sites for hydroxylation is 2. The van der Waals surface area contributed by atoms with Crippen LogP contribution in [0.25, 0.3) is 11.0 Å². The predicted octanol–water partition coefficient (Wildman–Crippen LogP) is 1.81. The molecule has 3 aromatic rings. The van der Waals surface area contributed by atoms with E-state index < -0.39 is 11.2 Å². The van der Waals surface area contributed by atoms with Crippen LogP contribution in [0.5, 0.6) is 0 Å². The molecule has 1 N–H and O–H groups in total. The molecule has 1 aromatic carbocycles. The number of amides is 1. The van der Waals surface area contributed by atoms with Gasteiger partial charge in [0.2, 0.25) is 5.91 Å². The van der Waals surface area contributed by atoms with E-state index in [0.717, 1.165) is 15.9 Å². The van der Waals surface area contributed by atoms with E-state index in [1.165, 1.54) is 35.1 Å². The van der Waals surface area contributed by atoms with Gasteiger partial charge in [-0.15, -0.1) is 11.8 Å². The molecule has 2 aromatic heterocycles. The zero-order chi connectivity index (χ0) is 19.6. The summed E-state index contributed by atoms with van der Waals surface area (Å²) >= 11 is 1.51. The van der Waals surface area contributed by atoms with Crippen molar-refractivity contribution >= 4 is 34.4 Å². The van der Waals surface area contributed by atoms with Gasteiger partial charge in [0, 0.05) is 19.8 Å². The van der Waals surface area contributed by atoms with Crippen LogP contribution in [0.4, 0.5) is 5.69 Å². The van der Waals surface area contributed by atoms with Crippen LogP contribution in [0.1, 0.15) is 11.1 Å². The van der Waals surface area contributed by atoms with E-state index >= 15 is 0 Å². The second-order valence-corrected chi connectivity index (χ2v) is 7.31. The number of hydrogen-bond acceptors (Lipinski definition) is 5. The SMILES string of the molecule is Cc1ccc(CSCC(=O)Nc2cnc3c(c2)c(=O)n(C)c(=O)n3C)cc1. The fourth-order valence-corrected chi connectivity index (χ4v) is 3.46. The molecular weight excluding hydrogens is 364 g/mol. The highest BCUT2D eigenvalue weighted by molar-refractivity contribution is 7.99. The zero-order valence-corrected chi connectivity index (χ0v) is 16.2. The van der Waals surface area contributed by atoms with Crippen molar-refractivity contribution in [1.82, 2.24) is 14.1 Å². The molecule has 0 spiro atoms. The minimum Gasteiger partial charge on any atom is -0.324 e. The smallest absolute Gasteiger partial charge is 0.324 e. The van der Waals surface area contributed by atoms with Gasteiger partial charge in [-0.1, -0.05) is 29.8 Å². The van der Waals surface area contributed by atoms with Crippen molar-refractivity contribution in [1.29, 1.82) is 0 Å². The molecule has 0 saturated heterocycles. The van der Waals surface area contributed by atoms with Gasteiger partial charge in [-0.25, -0.2) is 9.78 Å². The number of thioether (sulfide) groups is 1. The summed E-state index contributed by atoms with van der Waals surface area (Å²) in [5, 5.41) is 3.03. The number of nitrogens with zero attached hydrogens (tertiary/aromatic N) is 3. The average molecular weight is 384 g/mol. The van der Waals surface area contributed by atoms with Crippen LogP contribution < -0.4 is 16.6 Å². The number of benzene rings is 1. The molecule has 0 atom stereocenters. The summed E-state index contributed by atoms with van der Waals surface area (Å²) in [5.41, 5.74) is 2.20. The highest BCUT2D eigenvalue weighted by Gasteiger charge is 2.11. The molecule has 2 heterocycles. The maximum absolute atomic E-state index is 12.3. The fraction of sp³-hybridized carbons (Fsp3) is 0.263. The Morgan fingerprint density at radius 2 is 1.85 bits per heavy atom. The molecule has 0 fully saturated rings. The fourth-order valence-electron chi connectivity index (χ4n) is 2.68. The van der Waals surface area contributed by atoms with E-state index in [4.69, 9.17) is 0 Å². The van der Waals surface area contributed by atoms with Crippen LogP contribution in [0.3, 0.4) is 0 Å². The first kappa shape index (κ1) is 18.9. The van der Waals surface area contributed by atoms with Crippen LogP contribution >= 0.6 is 11.8 Å². The van der Waals surface area contributed by atoms with Crippen molar-refractivity contribution < 1.29 is 4.79 Å². The third kappa shape index (κ3) is 4.11. The van der Waals surface area contributed by atoms with E-state index in [2.05, 4.69) is 10.3 Å². The molecular formula is C19H20N4O3S. The Balaban J connectivity index is 1.69. The largest absolute Gasteiger partial charge is 0.332 e. The molecule has 7 nitrogen and oxygen atoms in total. The molecule has 0 radical (unpaired) electrons. The monoisotopic (exact) mass is 384 g/mol. The number of aromatic nitrogens is 3. The van der Waals surface area contributed by atoms with E-state index in [1.807, 2.05) is 31.2 Å². The Labute approximate surface area is 160 Å². The normalized spacial score (nSPS) is 10.9. The average Bonchev–Trinajstić information content (AvgIpc) is 2.66. The Morgan fingerprint density at radius 1 is 1.15 bits per heavy atom. The Kier molecular flexibility index (Phi) is 5.46. The van der Waals surface area contributed by atoms with Crippen LogP contribution in [0, 0.1) is 6.92 Å². The maximum atomic E-state index is 12.3. The Morgan fingerprint density at radius 3 is 2.56 bits per heavy atom. The number of fused-ring (bicyclic) bond motifs is 1. The van der Waals surface area contributed by atoms with E-state index in [1.54, 1.807) is 13.1 Å². The zero-order valence-electron chi connectivity index (χ0n) is 15.4. The molecule has 0 saturated carbocycles. The minimum atomic E-state index is -0.440. The maximum Gasteiger partial charge on any atom is 0.332 e. The highest BCUT2D eigenvalue weighted by Crippen LogP contribution is 2.15. The number of rotatable bonds is 5. The van der Waals surface area contributed by atoms with Crippen LogP contribution in [0.2, 0.25) is 0 Å². The Hall–Kier alpha value is -2.87. The van der Waals surface area contributed by atoms with Gasteiger partial charge < -0.3 is 5.32 Å². The molecule has 0 aliphatic carbocycles. The predicted molar refractivity (Wildman–Crippen MR) is 108 cm³/mol.